The number of halogens is 1. The minimum Gasteiger partial charge on any atom is -0.479 e. The highest BCUT2D eigenvalue weighted by molar-refractivity contribution is 5.72. The Hall–Kier alpha value is -0.600. The van der Waals surface area contributed by atoms with E-state index in [-0.39, 0.29) is 5.92 Å². The van der Waals surface area contributed by atoms with Crippen molar-refractivity contribution in [3.05, 3.63) is 0 Å². The maximum absolute atomic E-state index is 12.7. The Balaban J connectivity index is 3.82. The van der Waals surface area contributed by atoms with E-state index in [4.69, 9.17) is 5.11 Å². The lowest BCUT2D eigenvalue weighted by Gasteiger charge is -2.14. The van der Waals surface area contributed by atoms with E-state index in [0.29, 0.717) is 12.3 Å². The van der Waals surface area contributed by atoms with Crippen LogP contribution in [0, 0.1) is 11.8 Å². The van der Waals surface area contributed by atoms with Gasteiger partial charge in [-0.3, -0.25) is 0 Å². The highest BCUT2D eigenvalue weighted by Gasteiger charge is 2.23. The standard InChI is InChI=1S/C8H15FO2/c1-5(2)4-6(3)7(9)8(10)11/h5-7H,4H2,1-3H3,(H,10,11). The minimum atomic E-state index is -1.71. The summed E-state index contributed by atoms with van der Waals surface area (Å²) in [5.41, 5.74) is 0. The van der Waals surface area contributed by atoms with Crippen LogP contribution >= 0.6 is 0 Å². The second-order valence-corrected chi connectivity index (χ2v) is 3.35. The van der Waals surface area contributed by atoms with Gasteiger partial charge in [0, 0.05) is 0 Å². The van der Waals surface area contributed by atoms with E-state index < -0.39 is 12.1 Å². The molecule has 0 spiro atoms. The van der Waals surface area contributed by atoms with E-state index in [1.54, 1.807) is 6.92 Å². The fraction of sp³-hybridized carbons (Fsp3) is 0.875. The van der Waals surface area contributed by atoms with Crippen LogP contribution in [0.5, 0.6) is 0 Å². The van der Waals surface area contributed by atoms with Gasteiger partial charge in [-0.1, -0.05) is 20.8 Å². The molecule has 0 aromatic carbocycles. The Labute approximate surface area is 66.4 Å². The Kier molecular flexibility index (Phi) is 4.08. The third kappa shape index (κ3) is 3.96. The summed E-state index contributed by atoms with van der Waals surface area (Å²) < 4.78 is 12.7. The topological polar surface area (TPSA) is 37.3 Å². The zero-order valence-corrected chi connectivity index (χ0v) is 7.17. The molecule has 2 atom stereocenters. The van der Waals surface area contributed by atoms with Crippen LogP contribution in [0.25, 0.3) is 0 Å². The molecule has 1 N–H and O–H groups in total. The summed E-state index contributed by atoms with van der Waals surface area (Å²) in [5.74, 6) is -1.38. The van der Waals surface area contributed by atoms with Crippen LogP contribution < -0.4 is 0 Å². The van der Waals surface area contributed by atoms with E-state index >= 15 is 0 Å². The number of hydrogen-bond acceptors (Lipinski definition) is 1. The number of carboxylic acid groups (broad SMARTS) is 1. The normalized spacial score (nSPS) is 16.5. The molecule has 11 heavy (non-hydrogen) atoms. The van der Waals surface area contributed by atoms with Crippen LogP contribution in [0.2, 0.25) is 0 Å². The van der Waals surface area contributed by atoms with E-state index in [9.17, 15) is 9.18 Å². The van der Waals surface area contributed by atoms with E-state index in [0.717, 1.165) is 0 Å². The first kappa shape index (κ1) is 10.4. The van der Waals surface area contributed by atoms with Crippen molar-refractivity contribution in [3.63, 3.8) is 0 Å². The van der Waals surface area contributed by atoms with Crippen molar-refractivity contribution in [2.45, 2.75) is 33.4 Å². The van der Waals surface area contributed by atoms with Gasteiger partial charge in [0.1, 0.15) is 0 Å². The van der Waals surface area contributed by atoms with Gasteiger partial charge < -0.3 is 5.11 Å². The van der Waals surface area contributed by atoms with Crippen LogP contribution in [0.4, 0.5) is 4.39 Å². The number of alkyl halides is 1. The lowest BCUT2D eigenvalue weighted by atomic mass is 9.95. The molecular weight excluding hydrogens is 147 g/mol. The molecule has 0 aliphatic heterocycles. The average Bonchev–Trinajstić information content (AvgIpc) is 1.84. The van der Waals surface area contributed by atoms with Crippen LogP contribution in [0.15, 0.2) is 0 Å². The molecule has 0 rings (SSSR count). The van der Waals surface area contributed by atoms with Crippen molar-refractivity contribution in [2.75, 3.05) is 0 Å². The lowest BCUT2D eigenvalue weighted by Crippen LogP contribution is -2.23. The van der Waals surface area contributed by atoms with Gasteiger partial charge in [0.25, 0.3) is 0 Å². The molecule has 2 unspecified atom stereocenters. The van der Waals surface area contributed by atoms with Crippen LogP contribution in [-0.4, -0.2) is 17.2 Å². The first-order valence-corrected chi connectivity index (χ1v) is 3.82. The fourth-order valence-electron chi connectivity index (χ4n) is 1.11. The second kappa shape index (κ2) is 4.31. The second-order valence-electron chi connectivity index (χ2n) is 3.35. The van der Waals surface area contributed by atoms with Crippen LogP contribution in [0.3, 0.4) is 0 Å². The van der Waals surface area contributed by atoms with Gasteiger partial charge in [0.05, 0.1) is 0 Å². The number of carboxylic acids is 1. The van der Waals surface area contributed by atoms with Crippen molar-refractivity contribution >= 4 is 5.97 Å². The summed E-state index contributed by atoms with van der Waals surface area (Å²) in [6.45, 7) is 5.52. The molecule has 0 bridgehead atoms. The molecule has 0 aromatic heterocycles. The molecule has 0 fully saturated rings. The summed E-state index contributed by atoms with van der Waals surface area (Å²) in [4.78, 5) is 10.1. The van der Waals surface area contributed by atoms with E-state index in [1.807, 2.05) is 13.8 Å². The summed E-state index contributed by atoms with van der Waals surface area (Å²) >= 11 is 0. The molecule has 0 amide bonds. The average molecular weight is 162 g/mol. The number of aliphatic carboxylic acids is 1. The van der Waals surface area contributed by atoms with E-state index in [2.05, 4.69) is 0 Å². The molecule has 0 saturated carbocycles. The van der Waals surface area contributed by atoms with Crippen LogP contribution in [0.1, 0.15) is 27.2 Å². The number of rotatable bonds is 4. The highest BCUT2D eigenvalue weighted by atomic mass is 19.1. The predicted octanol–water partition coefficient (Wildman–Crippen LogP) is 2.09. The Morgan fingerprint density at radius 1 is 1.45 bits per heavy atom. The third-order valence-corrected chi connectivity index (χ3v) is 1.58. The molecule has 0 aromatic rings. The predicted molar refractivity (Wildman–Crippen MR) is 41.2 cm³/mol. The molecule has 0 saturated heterocycles. The fourth-order valence-corrected chi connectivity index (χ4v) is 1.11. The van der Waals surface area contributed by atoms with Gasteiger partial charge in [0.2, 0.25) is 0 Å². The molecule has 0 aliphatic carbocycles. The van der Waals surface area contributed by atoms with Crippen molar-refractivity contribution in [2.24, 2.45) is 11.8 Å². The molecule has 2 nitrogen and oxygen atoms in total. The molecular formula is C8H15FO2. The SMILES string of the molecule is CC(C)CC(C)C(F)C(=O)O. The first-order valence-electron chi connectivity index (χ1n) is 3.82. The zero-order chi connectivity index (χ0) is 9.02. The van der Waals surface area contributed by atoms with Gasteiger partial charge in [-0.05, 0) is 18.3 Å². The van der Waals surface area contributed by atoms with Gasteiger partial charge in [-0.25, -0.2) is 9.18 Å². The maximum Gasteiger partial charge on any atom is 0.338 e. The van der Waals surface area contributed by atoms with E-state index in [1.165, 1.54) is 0 Å². The summed E-state index contributed by atoms with van der Waals surface area (Å²) in [6.07, 6.45) is -1.09. The highest BCUT2D eigenvalue weighted by Crippen LogP contribution is 2.17. The van der Waals surface area contributed by atoms with Crippen molar-refractivity contribution < 1.29 is 14.3 Å². The zero-order valence-electron chi connectivity index (χ0n) is 7.17. The smallest absolute Gasteiger partial charge is 0.338 e. The Bertz CT molecular complexity index is 134. The summed E-state index contributed by atoms with van der Waals surface area (Å²) in [5, 5.41) is 8.29. The number of hydrogen-bond donors (Lipinski definition) is 1. The molecule has 0 aliphatic rings. The van der Waals surface area contributed by atoms with Crippen molar-refractivity contribution in [1.82, 2.24) is 0 Å². The molecule has 3 heteroatoms. The van der Waals surface area contributed by atoms with Gasteiger partial charge in [-0.2, -0.15) is 0 Å². The monoisotopic (exact) mass is 162 g/mol. The Morgan fingerprint density at radius 3 is 2.18 bits per heavy atom. The van der Waals surface area contributed by atoms with Crippen LogP contribution in [-0.2, 0) is 4.79 Å². The lowest BCUT2D eigenvalue weighted by molar-refractivity contribution is -0.144. The minimum absolute atomic E-state index is 0.350. The third-order valence-electron chi connectivity index (χ3n) is 1.58. The van der Waals surface area contributed by atoms with Crippen molar-refractivity contribution in [1.29, 1.82) is 0 Å². The number of carbonyl (C=O) groups is 1. The Morgan fingerprint density at radius 2 is 1.91 bits per heavy atom. The van der Waals surface area contributed by atoms with Gasteiger partial charge in [0.15, 0.2) is 6.17 Å². The van der Waals surface area contributed by atoms with Gasteiger partial charge in [-0.15, -0.1) is 0 Å². The molecule has 0 heterocycles. The largest absolute Gasteiger partial charge is 0.479 e. The summed E-state index contributed by atoms with van der Waals surface area (Å²) in [6, 6.07) is 0. The van der Waals surface area contributed by atoms with Crippen molar-refractivity contribution in [3.8, 4) is 0 Å². The first-order chi connectivity index (χ1) is 4.95. The molecule has 0 radical (unpaired) electrons. The maximum atomic E-state index is 12.7. The summed E-state index contributed by atoms with van der Waals surface area (Å²) in [7, 11) is 0. The van der Waals surface area contributed by atoms with Gasteiger partial charge >= 0.3 is 5.97 Å². The molecule has 66 valence electrons. The quantitative estimate of drug-likeness (QED) is 0.687.